The summed E-state index contributed by atoms with van der Waals surface area (Å²) in [5, 5.41) is 6.06. The first-order valence-electron chi connectivity index (χ1n) is 13.4. The molecule has 0 spiro atoms. The van der Waals surface area contributed by atoms with E-state index in [0.29, 0.717) is 17.3 Å². The van der Waals surface area contributed by atoms with E-state index in [0.717, 1.165) is 54.5 Å². The Labute approximate surface area is 232 Å². The summed E-state index contributed by atoms with van der Waals surface area (Å²) < 4.78 is 9.09. The molecule has 204 valence electrons. The first-order chi connectivity index (χ1) is 18.1. The molecule has 0 radical (unpaired) electrons. The van der Waals surface area contributed by atoms with Crippen LogP contribution in [0.25, 0.3) is 0 Å². The zero-order valence-electron chi connectivity index (χ0n) is 23.0. The van der Waals surface area contributed by atoms with Crippen LogP contribution in [0.1, 0.15) is 43.5 Å². The molecule has 0 aromatic carbocycles. The third-order valence-electron chi connectivity index (χ3n) is 7.01. The first-order valence-corrected chi connectivity index (χ1v) is 22.0. The number of anilines is 3. The number of nitrogens with one attached hydrogen (secondary N) is 3. The third kappa shape index (κ3) is 6.47. The van der Waals surface area contributed by atoms with Gasteiger partial charge < -0.3 is 5.32 Å². The van der Waals surface area contributed by atoms with E-state index in [1.807, 2.05) is 47.6 Å². The number of pyridine rings is 2. The predicted molar refractivity (Wildman–Crippen MR) is 157 cm³/mol. The number of fused-ring (bicyclic) bond motifs is 6. The molecule has 1 saturated heterocycles. The fourth-order valence-corrected chi connectivity index (χ4v) is 7.23. The van der Waals surface area contributed by atoms with Gasteiger partial charge in [-0.2, -0.15) is 0 Å². The molecule has 0 saturated carbocycles. The number of hydrogen-bond acceptors (Lipinski definition) is 9. The summed E-state index contributed by atoms with van der Waals surface area (Å²) in [7, 11) is 0. The molecule has 4 bridgehead atoms. The van der Waals surface area contributed by atoms with Crippen LogP contribution in [0.3, 0.4) is 0 Å². The summed E-state index contributed by atoms with van der Waals surface area (Å²) in [5.74, 6) is 9.64. The molecule has 1 amide bonds. The molecule has 2 unspecified atom stereocenters. The quantitative estimate of drug-likeness (QED) is 0.340. The Balaban J connectivity index is 1.43. The van der Waals surface area contributed by atoms with Crippen molar-refractivity contribution >= 4 is 48.6 Å². The maximum atomic E-state index is 13.5. The molecular formula is C27H39GeN7O2S. The van der Waals surface area contributed by atoms with Crippen LogP contribution in [0.5, 0.6) is 0 Å². The average molecular weight is 598 g/mol. The van der Waals surface area contributed by atoms with Gasteiger partial charge in [-0.3, -0.25) is 0 Å². The normalized spacial score (nSPS) is 23.3. The Morgan fingerprint density at radius 1 is 1.18 bits per heavy atom. The van der Waals surface area contributed by atoms with Gasteiger partial charge in [0.2, 0.25) is 0 Å². The summed E-state index contributed by atoms with van der Waals surface area (Å²) in [6, 6.07) is 9.60. The van der Waals surface area contributed by atoms with Crippen molar-refractivity contribution < 1.29 is 9.53 Å². The molecule has 3 aliphatic heterocycles. The second-order valence-corrected chi connectivity index (χ2v) is 24.3. The van der Waals surface area contributed by atoms with Gasteiger partial charge in [0.15, 0.2) is 0 Å². The van der Waals surface area contributed by atoms with E-state index in [9.17, 15) is 4.79 Å². The van der Waals surface area contributed by atoms with Crippen LogP contribution in [0, 0.1) is 5.92 Å². The maximum absolute atomic E-state index is 13.5. The molecule has 3 aliphatic rings. The van der Waals surface area contributed by atoms with Gasteiger partial charge in [0.05, 0.1) is 0 Å². The van der Waals surface area contributed by atoms with Crippen molar-refractivity contribution in [1.82, 2.24) is 20.1 Å². The minimum atomic E-state index is -1.82. The van der Waals surface area contributed by atoms with E-state index < -0.39 is 13.3 Å². The van der Waals surface area contributed by atoms with Gasteiger partial charge in [-0.05, 0) is 18.6 Å². The molecule has 11 heteroatoms. The van der Waals surface area contributed by atoms with E-state index >= 15 is 0 Å². The summed E-state index contributed by atoms with van der Waals surface area (Å²) in [6.07, 6.45) is 7.02. The molecule has 2 aromatic heterocycles. The van der Waals surface area contributed by atoms with Crippen molar-refractivity contribution in [2.75, 3.05) is 33.8 Å². The summed E-state index contributed by atoms with van der Waals surface area (Å²) in [4.78, 5) is 25.5. The zero-order chi connectivity index (χ0) is 26.9. The van der Waals surface area contributed by atoms with Gasteiger partial charge in [0.1, 0.15) is 10.8 Å². The van der Waals surface area contributed by atoms with Gasteiger partial charge in [0.25, 0.3) is 0 Å². The second kappa shape index (κ2) is 11.1. The number of ether oxygens (including phenoxy) is 1. The fraction of sp³-hybridized carbons (Fsp3) is 0.519. The number of carbonyl (C=O) groups excluding carboxylic acids is 1. The minimum absolute atomic E-state index is 0.117. The van der Waals surface area contributed by atoms with E-state index in [1.165, 1.54) is 11.9 Å². The Kier molecular flexibility index (Phi) is 7.95. The summed E-state index contributed by atoms with van der Waals surface area (Å²) >= 11 is -0.590. The number of hydrazine groups is 1. The van der Waals surface area contributed by atoms with Crippen molar-refractivity contribution in [3.63, 3.8) is 0 Å². The molecule has 2 atom stereocenters. The van der Waals surface area contributed by atoms with Crippen molar-refractivity contribution in [2.24, 2.45) is 5.92 Å². The molecule has 1 fully saturated rings. The van der Waals surface area contributed by atoms with Crippen LogP contribution in [0.2, 0.25) is 17.3 Å². The van der Waals surface area contributed by atoms with Crippen LogP contribution in [0.15, 0.2) is 47.6 Å². The van der Waals surface area contributed by atoms with Crippen molar-refractivity contribution in [3.8, 4) is 0 Å². The Morgan fingerprint density at radius 2 is 2.03 bits per heavy atom. The molecule has 38 heavy (non-hydrogen) atoms. The topological polar surface area (TPSA) is 94.7 Å². The predicted octanol–water partition coefficient (Wildman–Crippen LogP) is 4.78. The Morgan fingerprint density at radius 3 is 2.84 bits per heavy atom. The number of amides is 1. The first kappa shape index (κ1) is 27.3. The SMILES string of the molecule is CC1(C)CC2CCCNc3cccc(n3)SNC(=O)c3ccc(N4C=CC(O[CH2][Ge]([CH3])([CH3])[CH3])N4)nc3N1C2. The van der Waals surface area contributed by atoms with Gasteiger partial charge in [0, 0.05) is 6.54 Å². The van der Waals surface area contributed by atoms with Gasteiger partial charge in [-0.25, -0.2) is 4.98 Å². The summed E-state index contributed by atoms with van der Waals surface area (Å²) in [6.45, 7) is 6.25. The van der Waals surface area contributed by atoms with Crippen LogP contribution < -0.4 is 25.4 Å². The molecule has 5 rings (SSSR count). The molecule has 0 aliphatic carbocycles. The molecule has 2 aromatic rings. The van der Waals surface area contributed by atoms with Crippen LogP contribution in [-0.4, -0.2) is 59.4 Å². The van der Waals surface area contributed by atoms with E-state index in [-0.39, 0.29) is 17.7 Å². The monoisotopic (exact) mass is 599 g/mol. The summed E-state index contributed by atoms with van der Waals surface area (Å²) in [5.41, 5.74) is 4.65. The second-order valence-electron chi connectivity index (χ2n) is 12.1. The van der Waals surface area contributed by atoms with Crippen LogP contribution in [-0.2, 0) is 4.74 Å². The molecule has 3 N–H and O–H groups in total. The Bertz CT molecular complexity index is 1200. The van der Waals surface area contributed by atoms with E-state index in [2.05, 4.69) is 56.5 Å². The van der Waals surface area contributed by atoms with Crippen molar-refractivity contribution in [2.45, 2.75) is 67.2 Å². The van der Waals surface area contributed by atoms with Gasteiger partial charge in [-0.1, -0.05) is 6.07 Å². The standard InChI is InChI=1S/C27H39GeN7O2S/c1-27(2)16-19-8-7-14-29-21-9-6-10-24(30-21)38-33-26(36)20-11-12-22(31-25(20)34(27)17-19)35-15-13-23(32-35)37-18-28(3,4)5/h6,9-13,15,19,23,32H,7-8,14,16-18H2,1-5H3,(H,29,30)(H,33,36). The number of hydrogen-bond donors (Lipinski definition) is 3. The number of aromatic nitrogens is 2. The molecule has 9 nitrogen and oxygen atoms in total. The third-order valence-corrected chi connectivity index (χ3v) is 9.90. The number of nitrogens with zero attached hydrogens (tertiary/aromatic N) is 4. The molecule has 5 heterocycles. The van der Waals surface area contributed by atoms with Gasteiger partial charge >= 0.3 is 181 Å². The van der Waals surface area contributed by atoms with Crippen molar-refractivity contribution in [1.29, 1.82) is 0 Å². The molecular weight excluding hydrogens is 559 g/mol. The average Bonchev–Trinajstić information content (AvgIpc) is 3.46. The Hall–Kier alpha value is -2.28. The van der Waals surface area contributed by atoms with Gasteiger partial charge in [-0.15, -0.1) is 0 Å². The number of carbonyl (C=O) groups is 1. The van der Waals surface area contributed by atoms with Crippen molar-refractivity contribution in [3.05, 3.63) is 48.2 Å². The fourth-order valence-electron chi connectivity index (χ4n) is 5.20. The number of rotatable bonds is 4. The van der Waals surface area contributed by atoms with E-state index in [1.54, 1.807) is 0 Å². The van der Waals surface area contributed by atoms with E-state index in [4.69, 9.17) is 9.72 Å². The zero-order valence-corrected chi connectivity index (χ0v) is 25.9. The van der Waals surface area contributed by atoms with Crippen LogP contribution >= 0.6 is 11.9 Å². The van der Waals surface area contributed by atoms with Crippen LogP contribution in [0.4, 0.5) is 17.5 Å².